The number of rotatable bonds is 3. The predicted octanol–water partition coefficient (Wildman–Crippen LogP) is 4.32. The van der Waals surface area contributed by atoms with Crippen molar-refractivity contribution in [2.24, 2.45) is 28.9 Å². The number of alkyl halides is 3. The predicted molar refractivity (Wildman–Crippen MR) is 91.6 cm³/mol. The van der Waals surface area contributed by atoms with E-state index >= 15 is 0 Å². The van der Waals surface area contributed by atoms with Crippen LogP contribution in [0.3, 0.4) is 0 Å². The number of carbonyl (C=O) groups is 1. The Hall–Kier alpha value is -0.955. The monoisotopic (exact) mass is 379 g/mol. The first-order chi connectivity index (χ1) is 11.7. The summed E-state index contributed by atoms with van der Waals surface area (Å²) in [5.74, 6) is -0.733. The summed E-state index contributed by atoms with van der Waals surface area (Å²) in [6.45, 7) is 9.99. The normalized spacial score (nSPS) is 35.9. The van der Waals surface area contributed by atoms with Gasteiger partial charge < -0.3 is 20.1 Å². The molecule has 0 radical (unpaired) electrons. The van der Waals surface area contributed by atoms with Crippen LogP contribution in [0.25, 0.3) is 0 Å². The summed E-state index contributed by atoms with van der Waals surface area (Å²) in [5, 5.41) is 7.19. The molecule has 0 spiro atoms. The number of nitrogens with two attached hydrogens (primary N) is 1. The minimum Gasteiger partial charge on any atom is -0.465 e. The molecule has 26 heavy (non-hydrogen) atoms. The van der Waals surface area contributed by atoms with Crippen molar-refractivity contribution in [3.63, 3.8) is 0 Å². The van der Waals surface area contributed by atoms with Crippen LogP contribution in [0, 0.1) is 23.2 Å². The highest BCUT2D eigenvalue weighted by atomic mass is 19.4. The number of hydrogen-bond acceptors (Lipinski definition) is 3. The maximum atomic E-state index is 13.4. The second-order valence-electron chi connectivity index (χ2n) is 8.95. The van der Waals surface area contributed by atoms with E-state index in [2.05, 4.69) is 19.6 Å². The standard InChI is InChI=1S/C16H26BF3O2.CH3NO2/c1-9(2)6-12(16(18,19)20)17-21-13-8-10-7-11(14(10,3)4)15(13,5)22-17;2-1(3)4/h9-13H,6-8H2,1-5H3;2H2,(H,3,4)/t10-,11-,12+,13+,15-;/m0./s1. The molecule has 4 rings (SSSR count). The number of hydrogen-bond donors (Lipinski definition) is 2. The molecule has 0 unspecified atom stereocenters. The maximum absolute atomic E-state index is 13.4. The van der Waals surface area contributed by atoms with Crippen LogP contribution >= 0.6 is 0 Å². The van der Waals surface area contributed by atoms with Gasteiger partial charge in [0.1, 0.15) is 0 Å². The van der Waals surface area contributed by atoms with Gasteiger partial charge in [0.25, 0.3) is 0 Å². The number of carboxylic acid groups (broad SMARTS) is 1. The zero-order valence-corrected chi connectivity index (χ0v) is 16.0. The summed E-state index contributed by atoms with van der Waals surface area (Å²) in [4.78, 5) is 8.78. The van der Waals surface area contributed by atoms with Crippen LogP contribution in [0.15, 0.2) is 0 Å². The van der Waals surface area contributed by atoms with Gasteiger partial charge in [-0.15, -0.1) is 0 Å². The molecule has 0 aromatic carbocycles. The van der Waals surface area contributed by atoms with E-state index in [1.807, 2.05) is 20.8 Å². The second-order valence-corrected chi connectivity index (χ2v) is 8.95. The highest BCUT2D eigenvalue weighted by molar-refractivity contribution is 6.47. The molecule has 3 saturated carbocycles. The average molecular weight is 379 g/mol. The van der Waals surface area contributed by atoms with Gasteiger partial charge in [0.15, 0.2) is 0 Å². The maximum Gasteiger partial charge on any atom is 0.470 e. The highest BCUT2D eigenvalue weighted by Crippen LogP contribution is 2.66. The van der Waals surface area contributed by atoms with E-state index in [1.165, 1.54) is 0 Å². The van der Waals surface area contributed by atoms with Crippen molar-refractivity contribution in [3.8, 4) is 0 Å². The van der Waals surface area contributed by atoms with Crippen molar-refractivity contribution in [1.29, 1.82) is 0 Å². The first-order valence-corrected chi connectivity index (χ1v) is 9.08. The fourth-order valence-corrected chi connectivity index (χ4v) is 4.98. The van der Waals surface area contributed by atoms with Gasteiger partial charge in [-0.1, -0.05) is 27.7 Å². The third kappa shape index (κ3) is 3.83. The fourth-order valence-electron chi connectivity index (χ4n) is 4.98. The van der Waals surface area contributed by atoms with Gasteiger partial charge in [-0.05, 0) is 49.4 Å². The van der Waals surface area contributed by atoms with E-state index in [4.69, 9.17) is 19.2 Å². The Morgan fingerprint density at radius 3 is 2.27 bits per heavy atom. The molecular formula is C17H29BF3NO4. The van der Waals surface area contributed by atoms with Crippen LogP contribution < -0.4 is 5.73 Å². The van der Waals surface area contributed by atoms with E-state index < -0.39 is 30.8 Å². The van der Waals surface area contributed by atoms with Crippen LogP contribution in [0.2, 0.25) is 5.82 Å². The van der Waals surface area contributed by atoms with Crippen LogP contribution in [0.1, 0.15) is 53.9 Å². The minimum absolute atomic E-state index is 0.0422. The van der Waals surface area contributed by atoms with Crippen molar-refractivity contribution in [1.82, 2.24) is 0 Å². The molecule has 3 N–H and O–H groups in total. The van der Waals surface area contributed by atoms with Crippen molar-refractivity contribution in [2.45, 2.75) is 77.6 Å². The molecule has 5 atom stereocenters. The van der Waals surface area contributed by atoms with Crippen molar-refractivity contribution in [3.05, 3.63) is 0 Å². The third-order valence-corrected chi connectivity index (χ3v) is 6.44. The minimum atomic E-state index is -4.28. The van der Waals surface area contributed by atoms with Crippen molar-refractivity contribution in [2.75, 3.05) is 0 Å². The lowest BCUT2D eigenvalue weighted by Gasteiger charge is -2.64. The molecule has 2 bridgehead atoms. The van der Waals surface area contributed by atoms with Gasteiger partial charge in [-0.25, -0.2) is 4.79 Å². The largest absolute Gasteiger partial charge is 0.470 e. The first kappa shape index (κ1) is 21.3. The SMILES string of the molecule is CC(C)C[C@@H](B1O[C@@H]2C[C@@H]3C[C@@H](C3(C)C)[C@]2(C)O1)C(F)(F)F.NC(=O)O. The Bertz CT molecular complexity index is 539. The van der Waals surface area contributed by atoms with Gasteiger partial charge >= 0.3 is 19.4 Å². The van der Waals surface area contributed by atoms with E-state index in [1.54, 1.807) is 0 Å². The molecule has 4 aliphatic rings. The molecule has 5 nitrogen and oxygen atoms in total. The zero-order valence-electron chi connectivity index (χ0n) is 16.0. The first-order valence-electron chi connectivity index (χ1n) is 9.08. The van der Waals surface area contributed by atoms with Gasteiger partial charge in [0, 0.05) is 0 Å². The van der Waals surface area contributed by atoms with Crippen LogP contribution in [0.5, 0.6) is 0 Å². The van der Waals surface area contributed by atoms with Gasteiger partial charge in [0.2, 0.25) is 0 Å². The molecule has 1 amide bonds. The quantitative estimate of drug-likeness (QED) is 0.716. The Morgan fingerprint density at radius 2 is 1.85 bits per heavy atom. The average Bonchev–Trinajstić information content (AvgIpc) is 2.78. The van der Waals surface area contributed by atoms with E-state index in [0.29, 0.717) is 11.8 Å². The zero-order chi connectivity index (χ0) is 20.1. The Labute approximate surface area is 152 Å². The summed E-state index contributed by atoms with van der Waals surface area (Å²) in [5.41, 5.74) is 3.61. The number of amides is 1. The molecule has 4 fully saturated rings. The van der Waals surface area contributed by atoms with Gasteiger partial charge in [-0.2, -0.15) is 13.2 Å². The summed E-state index contributed by atoms with van der Waals surface area (Å²) >= 11 is 0. The molecule has 0 aromatic heterocycles. The molecular weight excluding hydrogens is 350 g/mol. The van der Waals surface area contributed by atoms with Crippen molar-refractivity contribution >= 4 is 13.2 Å². The third-order valence-electron chi connectivity index (χ3n) is 6.44. The number of halogens is 3. The molecule has 0 aromatic rings. The highest BCUT2D eigenvalue weighted by Gasteiger charge is 2.69. The Balaban J connectivity index is 0.000000552. The van der Waals surface area contributed by atoms with E-state index in [0.717, 1.165) is 12.8 Å². The number of primary amides is 1. The van der Waals surface area contributed by atoms with Crippen LogP contribution in [0.4, 0.5) is 18.0 Å². The topological polar surface area (TPSA) is 81.8 Å². The summed E-state index contributed by atoms with van der Waals surface area (Å²) in [7, 11) is -1.15. The molecule has 1 heterocycles. The molecule has 9 heteroatoms. The lowest BCUT2D eigenvalue weighted by atomic mass is 9.43. The van der Waals surface area contributed by atoms with Crippen LogP contribution in [-0.4, -0.2) is 36.2 Å². The summed E-state index contributed by atoms with van der Waals surface area (Å²) in [6, 6.07) is 0. The smallest absolute Gasteiger partial charge is 0.465 e. The van der Waals surface area contributed by atoms with Crippen LogP contribution in [-0.2, 0) is 9.31 Å². The lowest BCUT2D eigenvalue weighted by molar-refractivity contribution is -0.200. The van der Waals surface area contributed by atoms with Gasteiger partial charge in [-0.3, -0.25) is 0 Å². The van der Waals surface area contributed by atoms with Gasteiger partial charge in [0.05, 0.1) is 17.5 Å². The molecule has 3 aliphatic carbocycles. The second kappa shape index (κ2) is 6.89. The molecule has 1 saturated heterocycles. The molecule has 1 aliphatic heterocycles. The summed E-state index contributed by atoms with van der Waals surface area (Å²) < 4.78 is 52.1. The summed E-state index contributed by atoms with van der Waals surface area (Å²) in [6.07, 6.45) is -3.88. The lowest BCUT2D eigenvalue weighted by Crippen LogP contribution is -2.65. The van der Waals surface area contributed by atoms with E-state index in [-0.39, 0.29) is 23.9 Å². The van der Waals surface area contributed by atoms with E-state index in [9.17, 15) is 13.2 Å². The van der Waals surface area contributed by atoms with Crippen molar-refractivity contribution < 1.29 is 32.4 Å². The Kier molecular flexibility index (Phi) is 5.66. The fraction of sp³-hybridized carbons (Fsp3) is 0.941. The molecule has 150 valence electrons. The Morgan fingerprint density at radius 1 is 1.31 bits per heavy atom.